The molecule has 32 heavy (non-hydrogen) atoms. The van der Waals surface area contributed by atoms with Crippen LogP contribution in [0.15, 0.2) is 24.4 Å². The Kier molecular flexibility index (Phi) is 21.3. The van der Waals surface area contributed by atoms with Crippen LogP contribution in [0, 0.1) is 0 Å². The van der Waals surface area contributed by atoms with E-state index in [1.807, 2.05) is 0 Å². The van der Waals surface area contributed by atoms with Gasteiger partial charge in [0.15, 0.2) is 11.9 Å². The van der Waals surface area contributed by atoms with Crippen molar-refractivity contribution in [2.45, 2.75) is 168 Å². The molecule has 0 N–H and O–H groups in total. The van der Waals surface area contributed by atoms with Crippen molar-refractivity contribution in [3.8, 4) is 0 Å². The fourth-order valence-corrected chi connectivity index (χ4v) is 4.87. The second-order valence-electron chi connectivity index (χ2n) is 10.2. The van der Waals surface area contributed by atoms with Gasteiger partial charge in [-0.2, -0.15) is 0 Å². The molecule has 0 spiro atoms. The Morgan fingerprint density at radius 3 is 1.34 bits per heavy atom. The predicted octanol–water partition coefficient (Wildman–Crippen LogP) is 10.1. The molecule has 0 atom stereocenters. The zero-order valence-electron chi connectivity index (χ0n) is 22.2. The van der Waals surface area contributed by atoms with Gasteiger partial charge in [-0.25, -0.2) is 4.57 Å². The zero-order valence-corrected chi connectivity index (χ0v) is 22.2. The van der Waals surface area contributed by atoms with Crippen LogP contribution >= 0.6 is 0 Å². The zero-order chi connectivity index (χ0) is 23.0. The van der Waals surface area contributed by atoms with Gasteiger partial charge in [-0.05, 0) is 12.8 Å². The molecule has 0 aliphatic heterocycles. The Morgan fingerprint density at radius 2 is 0.875 bits per heavy atom. The summed E-state index contributed by atoms with van der Waals surface area (Å²) >= 11 is 0. The molecule has 0 aliphatic carbocycles. The molecule has 0 saturated carbocycles. The van der Waals surface area contributed by atoms with Crippen LogP contribution in [0.4, 0.5) is 0 Å². The van der Waals surface area contributed by atoms with Gasteiger partial charge in [-0.15, -0.1) is 0 Å². The number of pyridine rings is 1. The van der Waals surface area contributed by atoms with E-state index in [-0.39, 0.29) is 0 Å². The Morgan fingerprint density at radius 1 is 0.469 bits per heavy atom. The van der Waals surface area contributed by atoms with E-state index in [2.05, 4.69) is 42.8 Å². The SMILES string of the molecule is CCCCCCCCCCCCCCCC[n+]1ccccc1CCCCCCCCCC. The highest BCUT2D eigenvalue weighted by molar-refractivity contribution is 4.97. The average molecular weight is 445 g/mol. The van der Waals surface area contributed by atoms with Gasteiger partial charge in [0.05, 0.1) is 0 Å². The molecule has 0 saturated heterocycles. The standard InChI is InChI=1S/C31H58N/c1-3-5-7-9-11-13-14-15-16-17-18-20-22-25-29-32-30-26-24-28-31(32)27-23-21-19-12-10-8-6-4-2/h24,26,28,30H,3-23,25,27,29H2,1-2H3/q+1. The van der Waals surface area contributed by atoms with Crippen molar-refractivity contribution >= 4 is 0 Å². The van der Waals surface area contributed by atoms with Crippen LogP contribution in [0.25, 0.3) is 0 Å². The minimum absolute atomic E-state index is 1.21. The number of unbranched alkanes of at least 4 members (excludes halogenated alkanes) is 20. The molecule has 0 aliphatic rings. The van der Waals surface area contributed by atoms with Crippen molar-refractivity contribution in [3.63, 3.8) is 0 Å². The van der Waals surface area contributed by atoms with Gasteiger partial charge in [0.25, 0.3) is 0 Å². The summed E-state index contributed by atoms with van der Waals surface area (Å²) < 4.78 is 2.53. The van der Waals surface area contributed by atoms with Crippen LogP contribution in [-0.4, -0.2) is 0 Å². The first kappa shape index (κ1) is 29.2. The fraction of sp³-hybridized carbons (Fsp3) is 0.839. The number of hydrogen-bond donors (Lipinski definition) is 0. The number of nitrogens with zero attached hydrogens (tertiary/aromatic N) is 1. The number of aromatic nitrogens is 1. The molecule has 1 rings (SSSR count). The van der Waals surface area contributed by atoms with Crippen molar-refractivity contribution in [2.75, 3.05) is 0 Å². The van der Waals surface area contributed by atoms with Crippen molar-refractivity contribution in [2.24, 2.45) is 0 Å². The summed E-state index contributed by atoms with van der Waals surface area (Å²) in [6, 6.07) is 6.79. The quantitative estimate of drug-likeness (QED) is 0.110. The first-order valence-corrected chi connectivity index (χ1v) is 14.9. The second kappa shape index (κ2) is 23.3. The van der Waals surface area contributed by atoms with E-state index in [1.165, 1.54) is 154 Å². The first-order valence-electron chi connectivity index (χ1n) is 14.9. The van der Waals surface area contributed by atoms with E-state index < -0.39 is 0 Å². The van der Waals surface area contributed by atoms with E-state index in [1.54, 1.807) is 5.69 Å². The third kappa shape index (κ3) is 17.7. The summed E-state index contributed by atoms with van der Waals surface area (Å²) in [4.78, 5) is 0. The van der Waals surface area contributed by atoms with Gasteiger partial charge in [-0.1, -0.05) is 142 Å². The molecule has 186 valence electrons. The van der Waals surface area contributed by atoms with Gasteiger partial charge in [0.1, 0.15) is 6.54 Å². The Bertz CT molecular complexity index is 495. The molecule has 0 aromatic carbocycles. The van der Waals surface area contributed by atoms with E-state index >= 15 is 0 Å². The Balaban J connectivity index is 1.96. The third-order valence-corrected chi connectivity index (χ3v) is 7.07. The lowest BCUT2D eigenvalue weighted by Crippen LogP contribution is -2.37. The molecule has 0 unspecified atom stereocenters. The van der Waals surface area contributed by atoms with Crippen LogP contribution in [0.2, 0.25) is 0 Å². The lowest BCUT2D eigenvalue weighted by atomic mass is 10.0. The van der Waals surface area contributed by atoms with Crippen LogP contribution in [0.5, 0.6) is 0 Å². The lowest BCUT2D eigenvalue weighted by Gasteiger charge is -2.05. The normalized spacial score (nSPS) is 11.3. The summed E-state index contributed by atoms with van der Waals surface area (Å²) in [5, 5.41) is 0. The number of aryl methyl sites for hydroxylation is 2. The lowest BCUT2D eigenvalue weighted by molar-refractivity contribution is -0.704. The third-order valence-electron chi connectivity index (χ3n) is 7.07. The Hall–Kier alpha value is -0.850. The van der Waals surface area contributed by atoms with Gasteiger partial charge < -0.3 is 0 Å². The molecule has 0 fully saturated rings. The van der Waals surface area contributed by atoms with Crippen molar-refractivity contribution in [3.05, 3.63) is 30.1 Å². The monoisotopic (exact) mass is 444 g/mol. The molecule has 1 aromatic rings. The molecule has 1 heteroatoms. The van der Waals surface area contributed by atoms with Gasteiger partial charge in [-0.3, -0.25) is 0 Å². The molecule has 0 amide bonds. The van der Waals surface area contributed by atoms with Gasteiger partial charge >= 0.3 is 0 Å². The van der Waals surface area contributed by atoms with E-state index in [0.717, 1.165) is 0 Å². The summed E-state index contributed by atoms with van der Waals surface area (Å²) in [5.74, 6) is 0. The average Bonchev–Trinajstić information content (AvgIpc) is 2.82. The van der Waals surface area contributed by atoms with Crippen molar-refractivity contribution in [1.82, 2.24) is 0 Å². The summed E-state index contributed by atoms with van der Waals surface area (Å²) in [6.45, 7) is 5.81. The topological polar surface area (TPSA) is 3.88 Å². The molecular formula is C31H58N+. The molecule has 1 aromatic heterocycles. The smallest absolute Gasteiger partial charge is 0.181 e. The maximum absolute atomic E-state index is 2.53. The molecule has 0 radical (unpaired) electrons. The maximum Gasteiger partial charge on any atom is 0.181 e. The highest BCUT2D eigenvalue weighted by Gasteiger charge is 2.08. The van der Waals surface area contributed by atoms with Crippen LogP contribution in [0.1, 0.15) is 161 Å². The molecule has 1 heterocycles. The largest absolute Gasteiger partial charge is 0.202 e. The van der Waals surface area contributed by atoms with Crippen LogP contribution < -0.4 is 4.57 Å². The summed E-state index contributed by atoms with van der Waals surface area (Å²) in [5.41, 5.74) is 1.55. The number of hydrogen-bond acceptors (Lipinski definition) is 0. The minimum Gasteiger partial charge on any atom is -0.202 e. The Labute approximate surface area is 202 Å². The highest BCUT2D eigenvalue weighted by atomic mass is 14.9. The number of rotatable bonds is 24. The first-order chi connectivity index (χ1) is 15.9. The van der Waals surface area contributed by atoms with E-state index in [4.69, 9.17) is 0 Å². The van der Waals surface area contributed by atoms with E-state index in [0.29, 0.717) is 0 Å². The fourth-order valence-electron chi connectivity index (χ4n) is 4.87. The molecule has 1 nitrogen and oxygen atoms in total. The van der Waals surface area contributed by atoms with Crippen LogP contribution in [0.3, 0.4) is 0 Å². The van der Waals surface area contributed by atoms with Gasteiger partial charge in [0, 0.05) is 25.0 Å². The predicted molar refractivity (Wildman–Crippen MR) is 143 cm³/mol. The summed E-state index contributed by atoms with van der Waals surface area (Å²) in [6.07, 6.45) is 35.0. The molecular weight excluding hydrogens is 386 g/mol. The van der Waals surface area contributed by atoms with Crippen LogP contribution in [-0.2, 0) is 13.0 Å². The second-order valence-corrected chi connectivity index (χ2v) is 10.2. The van der Waals surface area contributed by atoms with E-state index in [9.17, 15) is 0 Å². The summed E-state index contributed by atoms with van der Waals surface area (Å²) in [7, 11) is 0. The maximum atomic E-state index is 2.53. The molecule has 0 bridgehead atoms. The van der Waals surface area contributed by atoms with Gasteiger partial charge in [0.2, 0.25) is 0 Å². The van der Waals surface area contributed by atoms with Crippen molar-refractivity contribution in [1.29, 1.82) is 0 Å². The minimum atomic E-state index is 1.21. The van der Waals surface area contributed by atoms with Crippen molar-refractivity contribution < 1.29 is 4.57 Å². The highest BCUT2D eigenvalue weighted by Crippen LogP contribution is 2.13.